The van der Waals surface area contributed by atoms with Crippen LogP contribution >= 0.6 is 12.6 Å². The van der Waals surface area contributed by atoms with Crippen LogP contribution < -0.4 is 5.32 Å². The molecule has 0 aromatic heterocycles. The number of hydrogen-bond acceptors (Lipinski definition) is 4. The highest BCUT2D eigenvalue weighted by atomic mass is 32.1. The number of thiol groups is 1. The van der Waals surface area contributed by atoms with E-state index < -0.39 is 4.92 Å². The summed E-state index contributed by atoms with van der Waals surface area (Å²) in [6, 6.07) is 4.73. The molecule has 0 aliphatic heterocycles. The summed E-state index contributed by atoms with van der Waals surface area (Å²) < 4.78 is 0. The lowest BCUT2D eigenvalue weighted by atomic mass is 10.3. The van der Waals surface area contributed by atoms with Gasteiger partial charge in [-0.2, -0.15) is 0 Å². The quantitative estimate of drug-likeness (QED) is 0.419. The van der Waals surface area contributed by atoms with E-state index in [0.29, 0.717) is 10.6 Å². The zero-order valence-electron chi connectivity index (χ0n) is 6.44. The summed E-state index contributed by atoms with van der Waals surface area (Å²) in [5, 5.41) is 13.2. The highest BCUT2D eigenvalue weighted by Crippen LogP contribution is 2.26. The van der Waals surface area contributed by atoms with Gasteiger partial charge in [0.25, 0.3) is 5.69 Å². The van der Waals surface area contributed by atoms with Crippen molar-refractivity contribution < 1.29 is 4.92 Å². The fourth-order valence-electron chi connectivity index (χ4n) is 0.882. The molecule has 0 bridgehead atoms. The Morgan fingerprint density at radius 1 is 1.58 bits per heavy atom. The molecule has 0 unspecified atom stereocenters. The summed E-state index contributed by atoms with van der Waals surface area (Å²) in [5.74, 6) is 0. The first kappa shape index (κ1) is 8.86. The van der Waals surface area contributed by atoms with Gasteiger partial charge in [0.15, 0.2) is 0 Å². The van der Waals surface area contributed by atoms with Crippen molar-refractivity contribution in [2.45, 2.75) is 4.90 Å². The summed E-state index contributed by atoms with van der Waals surface area (Å²) in [5.41, 5.74) is 0.544. The second-order valence-electron chi connectivity index (χ2n) is 2.21. The molecule has 0 saturated carbocycles. The average molecular weight is 184 g/mol. The molecule has 5 heteroatoms. The van der Waals surface area contributed by atoms with Crippen LogP contribution in [0.25, 0.3) is 0 Å². The lowest BCUT2D eigenvalue weighted by Gasteiger charge is -2.01. The first-order valence-corrected chi connectivity index (χ1v) is 3.75. The van der Waals surface area contributed by atoms with E-state index in [2.05, 4.69) is 17.9 Å². The third-order valence-electron chi connectivity index (χ3n) is 1.45. The number of nitro benzene ring substituents is 1. The maximum absolute atomic E-state index is 10.5. The average Bonchev–Trinajstić information content (AvgIpc) is 2.04. The summed E-state index contributed by atoms with van der Waals surface area (Å²) in [6.07, 6.45) is 0. The van der Waals surface area contributed by atoms with Gasteiger partial charge in [0.2, 0.25) is 0 Å². The van der Waals surface area contributed by atoms with E-state index in [0.717, 1.165) is 0 Å². The van der Waals surface area contributed by atoms with Gasteiger partial charge in [-0.05, 0) is 12.1 Å². The number of rotatable bonds is 2. The highest BCUT2D eigenvalue weighted by molar-refractivity contribution is 7.80. The van der Waals surface area contributed by atoms with Crippen molar-refractivity contribution in [3.63, 3.8) is 0 Å². The van der Waals surface area contributed by atoms with E-state index in [9.17, 15) is 10.1 Å². The molecule has 0 saturated heterocycles. The highest BCUT2D eigenvalue weighted by Gasteiger charge is 2.11. The van der Waals surface area contributed by atoms with Crippen molar-refractivity contribution in [1.82, 2.24) is 0 Å². The van der Waals surface area contributed by atoms with Crippen molar-refractivity contribution in [3.05, 3.63) is 28.3 Å². The van der Waals surface area contributed by atoms with E-state index in [4.69, 9.17) is 0 Å². The number of nitro groups is 1. The molecule has 12 heavy (non-hydrogen) atoms. The number of nitrogens with one attached hydrogen (secondary N) is 1. The zero-order chi connectivity index (χ0) is 9.14. The predicted molar refractivity (Wildman–Crippen MR) is 49.9 cm³/mol. The van der Waals surface area contributed by atoms with E-state index >= 15 is 0 Å². The Hall–Kier alpha value is -1.23. The van der Waals surface area contributed by atoms with Crippen molar-refractivity contribution in [1.29, 1.82) is 0 Å². The number of anilines is 1. The molecular weight excluding hydrogens is 176 g/mol. The van der Waals surface area contributed by atoms with Gasteiger partial charge in [-0.1, -0.05) is 0 Å². The van der Waals surface area contributed by atoms with Crippen LogP contribution in [0.4, 0.5) is 11.4 Å². The van der Waals surface area contributed by atoms with E-state index in [1.54, 1.807) is 19.2 Å². The Labute approximate surface area is 75.2 Å². The number of nitrogens with zero attached hydrogens (tertiary/aromatic N) is 1. The standard InChI is InChI=1S/C7H8N2O2S/c1-8-6-3-2-5(12)4-7(6)9(10)11/h2-4,8,12H,1H3. The number of hydrogen-bond donors (Lipinski definition) is 2. The summed E-state index contributed by atoms with van der Waals surface area (Å²) in [6.45, 7) is 0. The minimum atomic E-state index is -0.439. The van der Waals surface area contributed by atoms with Crippen LogP contribution in [-0.4, -0.2) is 12.0 Å². The Morgan fingerprint density at radius 3 is 2.75 bits per heavy atom. The summed E-state index contributed by atoms with van der Waals surface area (Å²) >= 11 is 4.00. The molecule has 0 amide bonds. The van der Waals surface area contributed by atoms with Crippen molar-refractivity contribution in [2.75, 3.05) is 12.4 Å². The normalized spacial score (nSPS) is 9.50. The molecule has 0 aliphatic carbocycles. The van der Waals surface area contributed by atoms with Crippen LogP contribution in [0.2, 0.25) is 0 Å². The molecule has 1 rings (SSSR count). The third-order valence-corrected chi connectivity index (χ3v) is 1.73. The van der Waals surface area contributed by atoms with Gasteiger partial charge in [0.05, 0.1) is 4.92 Å². The molecule has 64 valence electrons. The van der Waals surface area contributed by atoms with Gasteiger partial charge >= 0.3 is 0 Å². The van der Waals surface area contributed by atoms with Gasteiger partial charge in [0, 0.05) is 18.0 Å². The van der Waals surface area contributed by atoms with Gasteiger partial charge in [-0.3, -0.25) is 10.1 Å². The minimum Gasteiger partial charge on any atom is -0.383 e. The Bertz CT molecular complexity index is 314. The molecule has 0 heterocycles. The van der Waals surface area contributed by atoms with Crippen molar-refractivity contribution in [3.8, 4) is 0 Å². The minimum absolute atomic E-state index is 0.0463. The monoisotopic (exact) mass is 184 g/mol. The summed E-state index contributed by atoms with van der Waals surface area (Å²) in [7, 11) is 1.64. The van der Waals surface area contributed by atoms with Crippen LogP contribution in [0.15, 0.2) is 23.1 Å². The smallest absolute Gasteiger partial charge is 0.293 e. The molecule has 0 aliphatic rings. The lowest BCUT2D eigenvalue weighted by molar-refractivity contribution is -0.384. The topological polar surface area (TPSA) is 55.2 Å². The molecule has 0 spiro atoms. The van der Waals surface area contributed by atoms with Crippen LogP contribution in [0, 0.1) is 10.1 Å². The molecule has 0 atom stereocenters. The van der Waals surface area contributed by atoms with Gasteiger partial charge in [-0.15, -0.1) is 12.6 Å². The van der Waals surface area contributed by atoms with Crippen molar-refractivity contribution in [2.24, 2.45) is 0 Å². The Kier molecular flexibility index (Phi) is 2.54. The van der Waals surface area contributed by atoms with Crippen LogP contribution in [0.5, 0.6) is 0 Å². The van der Waals surface area contributed by atoms with Crippen LogP contribution in [0.1, 0.15) is 0 Å². The molecule has 1 aromatic rings. The molecule has 1 aromatic carbocycles. The Balaban J connectivity index is 3.21. The third kappa shape index (κ3) is 1.68. The fourth-order valence-corrected chi connectivity index (χ4v) is 1.08. The maximum atomic E-state index is 10.5. The largest absolute Gasteiger partial charge is 0.383 e. The van der Waals surface area contributed by atoms with Crippen molar-refractivity contribution >= 4 is 24.0 Å². The molecule has 1 N–H and O–H groups in total. The van der Waals surface area contributed by atoms with Crippen LogP contribution in [0.3, 0.4) is 0 Å². The first-order valence-electron chi connectivity index (χ1n) is 3.30. The molecule has 0 fully saturated rings. The van der Waals surface area contributed by atoms with E-state index in [1.165, 1.54) is 6.07 Å². The second-order valence-corrected chi connectivity index (χ2v) is 2.72. The van der Waals surface area contributed by atoms with Crippen LogP contribution in [-0.2, 0) is 0 Å². The summed E-state index contributed by atoms with van der Waals surface area (Å²) in [4.78, 5) is 10.6. The maximum Gasteiger partial charge on any atom is 0.293 e. The zero-order valence-corrected chi connectivity index (χ0v) is 7.34. The van der Waals surface area contributed by atoms with E-state index in [-0.39, 0.29) is 5.69 Å². The predicted octanol–water partition coefficient (Wildman–Crippen LogP) is 1.93. The first-order chi connectivity index (χ1) is 5.65. The van der Waals surface area contributed by atoms with Gasteiger partial charge < -0.3 is 5.32 Å². The van der Waals surface area contributed by atoms with Gasteiger partial charge in [-0.25, -0.2) is 0 Å². The second kappa shape index (κ2) is 3.44. The molecule has 4 nitrogen and oxygen atoms in total. The lowest BCUT2D eigenvalue weighted by Crippen LogP contribution is -1.95. The SMILES string of the molecule is CNc1ccc(S)cc1[N+](=O)[O-]. The fraction of sp³-hybridized carbons (Fsp3) is 0.143. The Morgan fingerprint density at radius 2 is 2.25 bits per heavy atom. The molecule has 0 radical (unpaired) electrons. The van der Waals surface area contributed by atoms with E-state index in [1.807, 2.05) is 0 Å². The molecular formula is C7H8N2O2S. The van der Waals surface area contributed by atoms with Gasteiger partial charge in [0.1, 0.15) is 5.69 Å². The number of benzene rings is 1.